The van der Waals surface area contributed by atoms with E-state index < -0.39 is 0 Å². The minimum atomic E-state index is -0.0757. The standard InChI is InChI=1S/C20H27N5O2S/c1-6-27-15-9-7-10-16-17(15)22-20(28-16)25(12-8-11-23(3)4)19(26)18-14(2)13-21-24(18)5/h7,9-10,13H,6,8,11-12H2,1-5H3. The second-order valence-corrected chi connectivity index (χ2v) is 7.95. The molecule has 150 valence electrons. The van der Waals surface area contributed by atoms with Crippen molar-refractivity contribution < 1.29 is 9.53 Å². The number of hydrogen-bond acceptors (Lipinski definition) is 6. The maximum Gasteiger partial charge on any atom is 0.278 e. The Morgan fingerprint density at radius 3 is 2.71 bits per heavy atom. The van der Waals surface area contributed by atoms with Crippen molar-refractivity contribution in [2.45, 2.75) is 20.3 Å². The number of ether oxygens (including phenoxy) is 1. The molecule has 7 nitrogen and oxygen atoms in total. The molecule has 0 unspecified atom stereocenters. The number of rotatable bonds is 8. The van der Waals surface area contributed by atoms with Gasteiger partial charge in [-0.25, -0.2) is 4.98 Å². The Morgan fingerprint density at radius 2 is 2.07 bits per heavy atom. The molecule has 0 aliphatic carbocycles. The summed E-state index contributed by atoms with van der Waals surface area (Å²) in [6, 6.07) is 5.88. The number of thiazole rings is 1. The van der Waals surface area contributed by atoms with Crippen LogP contribution in [0.3, 0.4) is 0 Å². The van der Waals surface area contributed by atoms with Gasteiger partial charge in [0.2, 0.25) is 0 Å². The summed E-state index contributed by atoms with van der Waals surface area (Å²) in [5.74, 6) is 0.674. The highest BCUT2D eigenvalue weighted by Gasteiger charge is 2.25. The molecule has 28 heavy (non-hydrogen) atoms. The minimum absolute atomic E-state index is 0.0757. The van der Waals surface area contributed by atoms with Crippen molar-refractivity contribution in [2.75, 3.05) is 38.7 Å². The summed E-state index contributed by atoms with van der Waals surface area (Å²) in [5.41, 5.74) is 2.26. The van der Waals surface area contributed by atoms with Gasteiger partial charge in [0.05, 0.1) is 17.5 Å². The molecular formula is C20H27N5O2S. The lowest BCUT2D eigenvalue weighted by Crippen LogP contribution is -2.35. The normalized spacial score (nSPS) is 11.4. The number of carbonyl (C=O) groups excluding carboxylic acids is 1. The SMILES string of the molecule is CCOc1cccc2sc(N(CCCN(C)C)C(=O)c3c(C)cnn3C)nc12. The maximum absolute atomic E-state index is 13.4. The van der Waals surface area contributed by atoms with Crippen molar-refractivity contribution in [3.8, 4) is 5.75 Å². The van der Waals surface area contributed by atoms with Crippen LogP contribution in [0.1, 0.15) is 29.4 Å². The molecule has 8 heteroatoms. The smallest absolute Gasteiger partial charge is 0.278 e. The van der Waals surface area contributed by atoms with E-state index in [1.54, 1.807) is 22.8 Å². The monoisotopic (exact) mass is 401 g/mol. The number of amides is 1. The Morgan fingerprint density at radius 1 is 1.29 bits per heavy atom. The highest BCUT2D eigenvalue weighted by Crippen LogP contribution is 2.35. The van der Waals surface area contributed by atoms with Gasteiger partial charge < -0.3 is 9.64 Å². The Hall–Kier alpha value is -2.45. The van der Waals surface area contributed by atoms with Gasteiger partial charge in [0.1, 0.15) is 17.0 Å². The lowest BCUT2D eigenvalue weighted by molar-refractivity contribution is 0.0976. The topological polar surface area (TPSA) is 63.5 Å². The Balaban J connectivity index is 2.00. The van der Waals surface area contributed by atoms with Crippen LogP contribution in [-0.2, 0) is 7.05 Å². The van der Waals surface area contributed by atoms with Gasteiger partial charge in [-0.05, 0) is 58.6 Å². The lowest BCUT2D eigenvalue weighted by Gasteiger charge is -2.21. The van der Waals surface area contributed by atoms with E-state index in [1.807, 2.05) is 46.1 Å². The maximum atomic E-state index is 13.4. The van der Waals surface area contributed by atoms with Crippen molar-refractivity contribution in [3.05, 3.63) is 35.7 Å². The molecule has 1 amide bonds. The summed E-state index contributed by atoms with van der Waals surface area (Å²) in [6.45, 7) is 5.92. The molecule has 0 spiro atoms. The van der Waals surface area contributed by atoms with Crippen molar-refractivity contribution >= 4 is 32.6 Å². The van der Waals surface area contributed by atoms with E-state index in [-0.39, 0.29) is 5.91 Å². The van der Waals surface area contributed by atoms with E-state index in [9.17, 15) is 4.79 Å². The van der Waals surface area contributed by atoms with Crippen molar-refractivity contribution in [2.24, 2.45) is 7.05 Å². The molecule has 0 saturated carbocycles. The third-order valence-electron chi connectivity index (χ3n) is 4.46. The largest absolute Gasteiger partial charge is 0.492 e. The number of aryl methyl sites for hydroxylation is 2. The number of nitrogens with zero attached hydrogens (tertiary/aromatic N) is 5. The van der Waals surface area contributed by atoms with Crippen LogP contribution in [0, 0.1) is 6.92 Å². The fourth-order valence-corrected chi connectivity index (χ4v) is 4.12. The van der Waals surface area contributed by atoms with Crippen molar-refractivity contribution in [1.82, 2.24) is 19.7 Å². The molecule has 0 aliphatic heterocycles. The summed E-state index contributed by atoms with van der Waals surface area (Å²) in [7, 11) is 5.86. The van der Waals surface area contributed by atoms with E-state index in [4.69, 9.17) is 9.72 Å². The predicted molar refractivity (Wildman–Crippen MR) is 114 cm³/mol. The van der Waals surface area contributed by atoms with Crippen LogP contribution >= 0.6 is 11.3 Å². The fraction of sp³-hybridized carbons (Fsp3) is 0.450. The second-order valence-electron chi connectivity index (χ2n) is 6.95. The van der Waals surface area contributed by atoms with Gasteiger partial charge in [-0.15, -0.1) is 0 Å². The summed E-state index contributed by atoms with van der Waals surface area (Å²) in [5, 5.41) is 4.91. The van der Waals surface area contributed by atoms with E-state index in [0.717, 1.165) is 34.5 Å². The van der Waals surface area contributed by atoms with E-state index in [2.05, 4.69) is 10.00 Å². The van der Waals surface area contributed by atoms with E-state index >= 15 is 0 Å². The Kier molecular flexibility index (Phi) is 6.31. The van der Waals surface area contributed by atoms with Crippen LogP contribution in [0.4, 0.5) is 5.13 Å². The average molecular weight is 402 g/mol. The molecule has 0 aliphatic rings. The molecular weight excluding hydrogens is 374 g/mol. The third kappa shape index (κ3) is 4.18. The van der Waals surface area contributed by atoms with Gasteiger partial charge in [0, 0.05) is 13.6 Å². The van der Waals surface area contributed by atoms with Crippen molar-refractivity contribution in [1.29, 1.82) is 0 Å². The third-order valence-corrected chi connectivity index (χ3v) is 5.50. The van der Waals surface area contributed by atoms with E-state index in [1.165, 1.54) is 11.3 Å². The first-order chi connectivity index (χ1) is 13.4. The van der Waals surface area contributed by atoms with Crippen LogP contribution in [-0.4, -0.2) is 59.4 Å². The number of benzene rings is 1. The predicted octanol–water partition coefficient (Wildman–Crippen LogP) is 3.34. The number of para-hydroxylation sites is 1. The lowest BCUT2D eigenvalue weighted by atomic mass is 10.2. The molecule has 0 atom stereocenters. The quantitative estimate of drug-likeness (QED) is 0.579. The van der Waals surface area contributed by atoms with Gasteiger partial charge in [0.25, 0.3) is 5.91 Å². The average Bonchev–Trinajstić information content (AvgIpc) is 3.22. The molecule has 0 N–H and O–H groups in total. The molecule has 1 aromatic carbocycles. The van der Waals surface area contributed by atoms with E-state index in [0.29, 0.717) is 24.0 Å². The summed E-state index contributed by atoms with van der Waals surface area (Å²) in [6.07, 6.45) is 2.57. The Labute approximate surface area is 169 Å². The zero-order valence-corrected chi connectivity index (χ0v) is 17.9. The summed E-state index contributed by atoms with van der Waals surface area (Å²) < 4.78 is 8.36. The number of fused-ring (bicyclic) bond motifs is 1. The van der Waals surface area contributed by atoms with Gasteiger partial charge in [-0.2, -0.15) is 5.10 Å². The zero-order chi connectivity index (χ0) is 20.3. The first kappa shape index (κ1) is 20.3. The summed E-state index contributed by atoms with van der Waals surface area (Å²) >= 11 is 1.51. The fourth-order valence-electron chi connectivity index (χ4n) is 3.11. The minimum Gasteiger partial charge on any atom is -0.492 e. The molecule has 0 radical (unpaired) electrons. The van der Waals surface area contributed by atoms with Crippen LogP contribution in [0.25, 0.3) is 10.2 Å². The van der Waals surface area contributed by atoms with Crippen LogP contribution < -0.4 is 9.64 Å². The number of anilines is 1. The molecule has 2 aromatic heterocycles. The van der Waals surface area contributed by atoms with Crippen LogP contribution in [0.5, 0.6) is 5.75 Å². The highest BCUT2D eigenvalue weighted by atomic mass is 32.1. The molecule has 3 aromatic rings. The molecule has 3 rings (SSSR count). The Bertz CT molecular complexity index is 943. The summed E-state index contributed by atoms with van der Waals surface area (Å²) in [4.78, 5) is 22.1. The molecule has 0 saturated heterocycles. The molecule has 0 bridgehead atoms. The number of hydrogen-bond donors (Lipinski definition) is 0. The second kappa shape index (κ2) is 8.70. The van der Waals surface area contributed by atoms with Gasteiger partial charge in [-0.3, -0.25) is 14.4 Å². The highest BCUT2D eigenvalue weighted by molar-refractivity contribution is 7.22. The first-order valence-corrected chi connectivity index (χ1v) is 10.2. The van der Waals surface area contributed by atoms with Gasteiger partial charge in [0.15, 0.2) is 5.13 Å². The van der Waals surface area contributed by atoms with Gasteiger partial charge in [-0.1, -0.05) is 17.4 Å². The first-order valence-electron chi connectivity index (χ1n) is 9.40. The number of carbonyl (C=O) groups is 1. The molecule has 2 heterocycles. The van der Waals surface area contributed by atoms with Gasteiger partial charge >= 0.3 is 0 Å². The van der Waals surface area contributed by atoms with Crippen molar-refractivity contribution in [3.63, 3.8) is 0 Å². The number of aromatic nitrogens is 3. The van der Waals surface area contributed by atoms with Crippen LogP contribution in [0.2, 0.25) is 0 Å². The zero-order valence-electron chi connectivity index (χ0n) is 17.1. The molecule has 0 fully saturated rings. The van der Waals surface area contributed by atoms with Crippen LogP contribution in [0.15, 0.2) is 24.4 Å².